The standard InChI is InChI=1S/C20H18BrN5OS/c1-11(2)26-18-14(9-22-26)8-16(12(3)23-18)19(27)25-20-24-17(10-28-20)13-5-4-6-15(21)7-13/h4-11H,1-3H3,(H,24,25,27). The van der Waals surface area contributed by atoms with Gasteiger partial charge >= 0.3 is 0 Å². The minimum atomic E-state index is -0.223. The van der Waals surface area contributed by atoms with Crippen molar-refractivity contribution in [2.45, 2.75) is 26.8 Å². The van der Waals surface area contributed by atoms with Gasteiger partial charge in [0.15, 0.2) is 10.8 Å². The van der Waals surface area contributed by atoms with Crippen molar-refractivity contribution in [2.75, 3.05) is 5.32 Å². The number of nitrogens with one attached hydrogen (secondary N) is 1. The second-order valence-electron chi connectivity index (χ2n) is 6.72. The molecule has 0 bridgehead atoms. The molecule has 1 aromatic carbocycles. The number of fused-ring (bicyclic) bond motifs is 1. The van der Waals surface area contributed by atoms with Gasteiger partial charge in [-0.15, -0.1) is 11.3 Å². The van der Waals surface area contributed by atoms with E-state index in [2.05, 4.69) is 50.2 Å². The summed E-state index contributed by atoms with van der Waals surface area (Å²) in [6.45, 7) is 5.94. The summed E-state index contributed by atoms with van der Waals surface area (Å²) in [6, 6.07) is 9.94. The number of amides is 1. The van der Waals surface area contributed by atoms with Crippen molar-refractivity contribution in [1.82, 2.24) is 19.7 Å². The molecule has 0 aliphatic rings. The molecule has 0 atom stereocenters. The first-order valence-electron chi connectivity index (χ1n) is 8.80. The Bertz CT molecular complexity index is 1180. The number of pyridine rings is 1. The summed E-state index contributed by atoms with van der Waals surface area (Å²) in [4.78, 5) is 21.9. The van der Waals surface area contributed by atoms with E-state index in [1.807, 2.05) is 47.3 Å². The molecule has 0 aliphatic carbocycles. The lowest BCUT2D eigenvalue weighted by molar-refractivity contribution is 0.102. The van der Waals surface area contributed by atoms with Crippen LogP contribution in [0.1, 0.15) is 35.9 Å². The van der Waals surface area contributed by atoms with E-state index in [-0.39, 0.29) is 11.9 Å². The number of carbonyl (C=O) groups excluding carboxylic acids is 1. The van der Waals surface area contributed by atoms with Crippen LogP contribution < -0.4 is 5.32 Å². The van der Waals surface area contributed by atoms with Crippen molar-refractivity contribution in [1.29, 1.82) is 0 Å². The average molecular weight is 456 g/mol. The summed E-state index contributed by atoms with van der Waals surface area (Å²) < 4.78 is 2.84. The van der Waals surface area contributed by atoms with Gasteiger partial charge in [0.05, 0.1) is 23.1 Å². The van der Waals surface area contributed by atoms with Gasteiger partial charge in [0.2, 0.25) is 0 Å². The normalized spacial score (nSPS) is 11.3. The molecule has 0 aliphatic heterocycles. The Kier molecular flexibility index (Phi) is 4.99. The van der Waals surface area contributed by atoms with Crippen molar-refractivity contribution in [2.24, 2.45) is 0 Å². The molecule has 4 aromatic rings. The second-order valence-corrected chi connectivity index (χ2v) is 8.49. The maximum Gasteiger partial charge on any atom is 0.259 e. The number of nitrogens with zero attached hydrogens (tertiary/aromatic N) is 4. The van der Waals surface area contributed by atoms with E-state index < -0.39 is 0 Å². The maximum absolute atomic E-state index is 12.8. The highest BCUT2D eigenvalue weighted by Crippen LogP contribution is 2.27. The molecule has 0 saturated carbocycles. The van der Waals surface area contributed by atoms with Crippen molar-refractivity contribution in [3.05, 3.63) is 57.6 Å². The summed E-state index contributed by atoms with van der Waals surface area (Å²) in [6.07, 6.45) is 1.74. The molecule has 3 aromatic heterocycles. The molecule has 8 heteroatoms. The van der Waals surface area contributed by atoms with Crippen molar-refractivity contribution in [3.63, 3.8) is 0 Å². The second kappa shape index (κ2) is 7.44. The van der Waals surface area contributed by atoms with E-state index in [0.717, 1.165) is 26.8 Å². The van der Waals surface area contributed by atoms with Crippen LogP contribution in [-0.4, -0.2) is 25.7 Å². The number of hydrogen-bond donors (Lipinski definition) is 1. The van der Waals surface area contributed by atoms with Crippen LogP contribution in [0.25, 0.3) is 22.3 Å². The molecule has 4 rings (SSSR count). The van der Waals surface area contributed by atoms with Gasteiger partial charge < -0.3 is 0 Å². The van der Waals surface area contributed by atoms with Gasteiger partial charge in [-0.05, 0) is 39.0 Å². The SMILES string of the molecule is Cc1nc2c(cnn2C(C)C)cc1C(=O)Nc1nc(-c2cccc(Br)c2)cs1. The van der Waals surface area contributed by atoms with Crippen LogP contribution in [-0.2, 0) is 0 Å². The number of carbonyl (C=O) groups is 1. The van der Waals surface area contributed by atoms with Crippen LogP contribution in [0.2, 0.25) is 0 Å². The van der Waals surface area contributed by atoms with Gasteiger partial charge in [-0.25, -0.2) is 14.6 Å². The molecule has 28 heavy (non-hydrogen) atoms. The maximum atomic E-state index is 12.8. The van der Waals surface area contributed by atoms with Crippen molar-refractivity contribution >= 4 is 49.3 Å². The third-order valence-electron chi connectivity index (χ3n) is 4.34. The summed E-state index contributed by atoms with van der Waals surface area (Å²) in [7, 11) is 0. The number of aromatic nitrogens is 4. The zero-order valence-electron chi connectivity index (χ0n) is 15.6. The van der Waals surface area contributed by atoms with E-state index in [0.29, 0.717) is 16.4 Å². The van der Waals surface area contributed by atoms with Gasteiger partial charge in [-0.3, -0.25) is 10.1 Å². The van der Waals surface area contributed by atoms with Gasteiger partial charge in [-0.1, -0.05) is 28.1 Å². The van der Waals surface area contributed by atoms with E-state index in [1.54, 1.807) is 6.20 Å². The molecule has 0 spiro atoms. The first-order valence-corrected chi connectivity index (χ1v) is 10.5. The van der Waals surface area contributed by atoms with Crippen LogP contribution in [0, 0.1) is 6.92 Å². The van der Waals surface area contributed by atoms with Crippen LogP contribution in [0.3, 0.4) is 0 Å². The van der Waals surface area contributed by atoms with Gasteiger partial charge in [0.1, 0.15) is 0 Å². The molecule has 3 heterocycles. The fraction of sp³-hybridized carbons (Fsp3) is 0.200. The number of halogens is 1. The third kappa shape index (κ3) is 3.57. The molecular formula is C20H18BrN5OS. The zero-order valence-corrected chi connectivity index (χ0v) is 18.0. The highest BCUT2D eigenvalue weighted by molar-refractivity contribution is 9.10. The van der Waals surface area contributed by atoms with Crippen molar-refractivity contribution < 1.29 is 4.79 Å². The largest absolute Gasteiger partial charge is 0.298 e. The van der Waals surface area contributed by atoms with Crippen LogP contribution in [0.4, 0.5) is 5.13 Å². The first kappa shape index (κ1) is 18.8. The number of rotatable bonds is 4. The van der Waals surface area contributed by atoms with Gasteiger partial charge in [0.25, 0.3) is 5.91 Å². The Hall–Kier alpha value is -2.58. The van der Waals surface area contributed by atoms with E-state index in [4.69, 9.17) is 0 Å². The lowest BCUT2D eigenvalue weighted by Crippen LogP contribution is -2.14. The Morgan fingerprint density at radius 1 is 1.25 bits per heavy atom. The lowest BCUT2D eigenvalue weighted by Gasteiger charge is -2.09. The predicted molar refractivity (Wildman–Crippen MR) is 116 cm³/mol. The minimum Gasteiger partial charge on any atom is -0.298 e. The van der Waals surface area contributed by atoms with E-state index in [9.17, 15) is 4.79 Å². The Morgan fingerprint density at radius 3 is 2.82 bits per heavy atom. The molecule has 0 unspecified atom stereocenters. The zero-order chi connectivity index (χ0) is 19.8. The van der Waals surface area contributed by atoms with Crippen LogP contribution in [0.5, 0.6) is 0 Å². The monoisotopic (exact) mass is 455 g/mol. The molecule has 1 N–H and O–H groups in total. The quantitative estimate of drug-likeness (QED) is 0.443. The fourth-order valence-electron chi connectivity index (χ4n) is 2.95. The predicted octanol–water partition coefficient (Wildman–Crippen LogP) is 5.46. The summed E-state index contributed by atoms with van der Waals surface area (Å²) >= 11 is 4.86. The number of anilines is 1. The molecule has 0 fully saturated rings. The third-order valence-corrected chi connectivity index (χ3v) is 5.59. The molecule has 0 saturated heterocycles. The van der Waals surface area contributed by atoms with Crippen LogP contribution >= 0.6 is 27.3 Å². The Balaban J connectivity index is 1.60. The highest BCUT2D eigenvalue weighted by Gasteiger charge is 2.17. The molecule has 6 nitrogen and oxygen atoms in total. The van der Waals surface area contributed by atoms with Gasteiger partial charge in [-0.2, -0.15) is 5.10 Å². The van der Waals surface area contributed by atoms with Crippen LogP contribution in [0.15, 0.2) is 46.4 Å². The number of benzene rings is 1. The van der Waals surface area contributed by atoms with Crippen molar-refractivity contribution in [3.8, 4) is 11.3 Å². The summed E-state index contributed by atoms with van der Waals surface area (Å²) in [5.41, 5.74) is 3.79. The fourth-order valence-corrected chi connectivity index (χ4v) is 4.06. The summed E-state index contributed by atoms with van der Waals surface area (Å²) in [5.74, 6) is -0.223. The topological polar surface area (TPSA) is 72.7 Å². The lowest BCUT2D eigenvalue weighted by atomic mass is 10.1. The number of aryl methyl sites for hydroxylation is 1. The summed E-state index contributed by atoms with van der Waals surface area (Å²) in [5, 5.41) is 10.6. The Morgan fingerprint density at radius 2 is 2.07 bits per heavy atom. The first-order chi connectivity index (χ1) is 13.4. The molecule has 1 amide bonds. The molecular weight excluding hydrogens is 438 g/mol. The number of hydrogen-bond acceptors (Lipinski definition) is 5. The number of thiazole rings is 1. The van der Waals surface area contributed by atoms with E-state index in [1.165, 1.54) is 11.3 Å². The van der Waals surface area contributed by atoms with Gasteiger partial charge in [0, 0.05) is 26.8 Å². The highest BCUT2D eigenvalue weighted by atomic mass is 79.9. The average Bonchev–Trinajstić information content (AvgIpc) is 3.27. The van der Waals surface area contributed by atoms with E-state index >= 15 is 0 Å². The minimum absolute atomic E-state index is 0.204. The Labute approximate surface area is 174 Å². The molecule has 0 radical (unpaired) electrons. The smallest absolute Gasteiger partial charge is 0.259 e. The molecule has 142 valence electrons.